The molecule has 0 aromatic heterocycles. The Labute approximate surface area is 166 Å². The lowest BCUT2D eigenvalue weighted by Crippen LogP contribution is -2.21. The van der Waals surface area contributed by atoms with E-state index in [4.69, 9.17) is 9.47 Å². The maximum absolute atomic E-state index is 12.1. The van der Waals surface area contributed by atoms with Crippen LogP contribution < -0.4 is 15.4 Å². The highest BCUT2D eigenvalue weighted by Crippen LogP contribution is 2.16. The topological polar surface area (TPSA) is 76.7 Å². The molecule has 1 amide bonds. The third-order valence-corrected chi connectivity index (χ3v) is 3.73. The number of carbonyl (C=O) groups is 2. The Morgan fingerprint density at radius 3 is 2.21 bits per heavy atom. The van der Waals surface area contributed by atoms with Gasteiger partial charge < -0.3 is 20.1 Å². The first kappa shape index (κ1) is 21.3. The van der Waals surface area contributed by atoms with Crippen molar-refractivity contribution in [1.29, 1.82) is 0 Å². The molecule has 0 bridgehead atoms. The molecule has 28 heavy (non-hydrogen) atoms. The fourth-order valence-electron chi connectivity index (χ4n) is 2.29. The van der Waals surface area contributed by atoms with Gasteiger partial charge in [-0.25, -0.2) is 4.79 Å². The van der Waals surface area contributed by atoms with Gasteiger partial charge in [-0.15, -0.1) is 0 Å². The van der Waals surface area contributed by atoms with Crippen molar-refractivity contribution in [2.24, 2.45) is 5.92 Å². The number of carbonyl (C=O) groups excluding carboxylic acids is 2. The minimum Gasteiger partial charge on any atom is -0.493 e. The number of amides is 1. The Balaban J connectivity index is 1.78. The summed E-state index contributed by atoms with van der Waals surface area (Å²) in [5.41, 5.74) is 1.94. The maximum atomic E-state index is 12.1. The Hall–Kier alpha value is -3.02. The first-order valence-corrected chi connectivity index (χ1v) is 9.51. The minimum atomic E-state index is -0.341. The van der Waals surface area contributed by atoms with Crippen LogP contribution in [0.4, 0.5) is 11.4 Å². The maximum Gasteiger partial charge on any atom is 0.338 e. The smallest absolute Gasteiger partial charge is 0.338 e. The first-order valence-electron chi connectivity index (χ1n) is 9.51. The van der Waals surface area contributed by atoms with E-state index in [2.05, 4.69) is 24.5 Å². The van der Waals surface area contributed by atoms with Crippen LogP contribution in [0.15, 0.2) is 48.5 Å². The fourth-order valence-corrected chi connectivity index (χ4v) is 2.29. The zero-order valence-electron chi connectivity index (χ0n) is 16.7. The van der Waals surface area contributed by atoms with Crippen molar-refractivity contribution < 1.29 is 19.1 Å². The zero-order chi connectivity index (χ0) is 20.4. The number of anilines is 2. The number of ether oxygens (including phenoxy) is 2. The van der Waals surface area contributed by atoms with E-state index < -0.39 is 0 Å². The molecule has 0 aliphatic rings. The molecule has 2 aromatic rings. The fraction of sp³-hybridized carbons (Fsp3) is 0.364. The lowest BCUT2D eigenvalue weighted by Gasteiger charge is -2.11. The van der Waals surface area contributed by atoms with E-state index in [1.54, 1.807) is 24.3 Å². The molecule has 6 nitrogen and oxygen atoms in total. The van der Waals surface area contributed by atoms with Crippen molar-refractivity contribution in [1.82, 2.24) is 0 Å². The second kappa shape index (κ2) is 11.0. The van der Waals surface area contributed by atoms with Crippen LogP contribution in [0.2, 0.25) is 0 Å². The summed E-state index contributed by atoms with van der Waals surface area (Å²) in [6.45, 7) is 7.31. The van der Waals surface area contributed by atoms with Crippen molar-refractivity contribution in [2.45, 2.75) is 27.2 Å². The summed E-state index contributed by atoms with van der Waals surface area (Å²) in [5, 5.41) is 5.86. The third kappa shape index (κ3) is 7.31. The molecule has 0 atom stereocenters. The van der Waals surface area contributed by atoms with Crippen molar-refractivity contribution in [2.75, 3.05) is 30.4 Å². The van der Waals surface area contributed by atoms with E-state index in [1.807, 2.05) is 31.2 Å². The van der Waals surface area contributed by atoms with Gasteiger partial charge in [-0.2, -0.15) is 0 Å². The van der Waals surface area contributed by atoms with Crippen LogP contribution in [-0.4, -0.2) is 31.6 Å². The Kier molecular flexibility index (Phi) is 8.34. The van der Waals surface area contributed by atoms with Crippen LogP contribution in [-0.2, 0) is 9.53 Å². The van der Waals surface area contributed by atoms with Gasteiger partial charge in [0.1, 0.15) is 5.75 Å². The van der Waals surface area contributed by atoms with Gasteiger partial charge in [0.2, 0.25) is 5.91 Å². The number of hydrogen-bond acceptors (Lipinski definition) is 5. The second-order valence-corrected chi connectivity index (χ2v) is 6.84. The summed E-state index contributed by atoms with van der Waals surface area (Å²) in [5.74, 6) is 0.734. The van der Waals surface area contributed by atoms with Crippen molar-refractivity contribution in [3.05, 3.63) is 54.1 Å². The molecule has 0 unspecified atom stereocenters. The van der Waals surface area contributed by atoms with Gasteiger partial charge >= 0.3 is 5.97 Å². The molecule has 150 valence electrons. The number of benzene rings is 2. The van der Waals surface area contributed by atoms with Gasteiger partial charge in [-0.05, 0) is 60.9 Å². The summed E-state index contributed by atoms with van der Waals surface area (Å²) in [6, 6.07) is 14.1. The second-order valence-electron chi connectivity index (χ2n) is 6.84. The first-order chi connectivity index (χ1) is 13.5. The Morgan fingerprint density at radius 2 is 1.61 bits per heavy atom. The molecule has 0 spiro atoms. The SMILES string of the molecule is CCCOC(=O)c1ccc(NCC(=O)Nc2ccc(OCC(C)C)cc2)cc1. The number of esters is 1. The molecule has 0 fully saturated rings. The lowest BCUT2D eigenvalue weighted by molar-refractivity contribution is -0.114. The molecule has 2 aromatic carbocycles. The molecule has 0 aliphatic heterocycles. The predicted octanol–water partition coefficient (Wildman–Crippen LogP) is 4.34. The normalized spacial score (nSPS) is 10.4. The number of nitrogens with one attached hydrogen (secondary N) is 2. The molecule has 0 radical (unpaired) electrons. The molecule has 6 heteroatoms. The molecule has 0 saturated carbocycles. The van der Waals surface area contributed by atoms with Crippen molar-refractivity contribution in [3.8, 4) is 5.75 Å². The highest BCUT2D eigenvalue weighted by Gasteiger charge is 2.07. The standard InChI is InChI=1S/C22H28N2O4/c1-4-13-27-22(26)17-5-7-18(8-6-17)23-14-21(25)24-19-9-11-20(12-10-19)28-15-16(2)3/h5-12,16,23H,4,13-15H2,1-3H3,(H,24,25). The number of hydrogen-bond donors (Lipinski definition) is 2. The lowest BCUT2D eigenvalue weighted by atomic mass is 10.2. The summed E-state index contributed by atoms with van der Waals surface area (Å²) < 4.78 is 10.7. The molecule has 0 saturated heterocycles. The molecular formula is C22H28N2O4. The predicted molar refractivity (Wildman–Crippen MR) is 111 cm³/mol. The van der Waals surface area contributed by atoms with E-state index in [1.165, 1.54) is 0 Å². The third-order valence-electron chi connectivity index (χ3n) is 3.73. The largest absolute Gasteiger partial charge is 0.493 e. The average Bonchev–Trinajstić information content (AvgIpc) is 2.70. The van der Waals surface area contributed by atoms with Gasteiger partial charge in [-0.1, -0.05) is 20.8 Å². The van der Waals surface area contributed by atoms with Crippen LogP contribution in [0, 0.1) is 5.92 Å². The molecule has 0 aliphatic carbocycles. The van der Waals surface area contributed by atoms with Crippen LogP contribution >= 0.6 is 0 Å². The van der Waals surface area contributed by atoms with E-state index in [-0.39, 0.29) is 18.4 Å². The monoisotopic (exact) mass is 384 g/mol. The van der Waals surface area contributed by atoms with Crippen molar-refractivity contribution in [3.63, 3.8) is 0 Å². The number of rotatable bonds is 10. The van der Waals surface area contributed by atoms with Gasteiger partial charge in [0, 0.05) is 11.4 Å². The van der Waals surface area contributed by atoms with Crippen LogP contribution in [0.1, 0.15) is 37.6 Å². The highest BCUT2D eigenvalue weighted by molar-refractivity contribution is 5.94. The summed E-state index contributed by atoms with van der Waals surface area (Å²) >= 11 is 0. The van der Waals surface area contributed by atoms with Crippen LogP contribution in [0.5, 0.6) is 5.75 Å². The van der Waals surface area contributed by atoms with Gasteiger partial charge in [0.05, 0.1) is 25.3 Å². The summed E-state index contributed by atoms with van der Waals surface area (Å²) in [6.07, 6.45) is 0.786. The van der Waals surface area contributed by atoms with E-state index in [0.717, 1.165) is 17.9 Å². The molecular weight excluding hydrogens is 356 g/mol. The summed E-state index contributed by atoms with van der Waals surface area (Å²) in [4.78, 5) is 23.9. The Morgan fingerprint density at radius 1 is 0.964 bits per heavy atom. The van der Waals surface area contributed by atoms with E-state index in [9.17, 15) is 9.59 Å². The molecule has 2 N–H and O–H groups in total. The van der Waals surface area contributed by atoms with E-state index >= 15 is 0 Å². The average molecular weight is 384 g/mol. The van der Waals surface area contributed by atoms with Gasteiger partial charge in [-0.3, -0.25) is 4.79 Å². The van der Waals surface area contributed by atoms with Gasteiger partial charge in [0.15, 0.2) is 0 Å². The highest BCUT2D eigenvalue weighted by atomic mass is 16.5. The minimum absolute atomic E-state index is 0.116. The molecule has 0 heterocycles. The van der Waals surface area contributed by atoms with Gasteiger partial charge in [0.25, 0.3) is 0 Å². The summed E-state index contributed by atoms with van der Waals surface area (Å²) in [7, 11) is 0. The van der Waals surface area contributed by atoms with E-state index in [0.29, 0.717) is 30.4 Å². The van der Waals surface area contributed by atoms with Crippen LogP contribution in [0.25, 0.3) is 0 Å². The zero-order valence-corrected chi connectivity index (χ0v) is 16.7. The van der Waals surface area contributed by atoms with Crippen molar-refractivity contribution >= 4 is 23.3 Å². The quantitative estimate of drug-likeness (QED) is 0.596. The Bertz CT molecular complexity index is 755. The molecule has 2 rings (SSSR count). The van der Waals surface area contributed by atoms with Crippen LogP contribution in [0.3, 0.4) is 0 Å².